The maximum absolute atomic E-state index is 12.4. The smallest absolute Gasteiger partial charge is 0.364 e. The lowest BCUT2D eigenvalue weighted by Gasteiger charge is -2.35. The molecule has 0 amide bonds. The molecule has 6 nitrogen and oxygen atoms in total. The molecule has 0 saturated carbocycles. The van der Waals surface area contributed by atoms with Crippen LogP contribution in [0, 0.1) is 0 Å². The normalized spacial score (nSPS) is 13.6. The Bertz CT molecular complexity index is 486. The van der Waals surface area contributed by atoms with Crippen LogP contribution in [0.15, 0.2) is 0 Å². The number of aliphatic hydroxyl groups excluding tert-OH is 1. The summed E-state index contributed by atoms with van der Waals surface area (Å²) in [4.78, 5) is 12.4. The van der Waals surface area contributed by atoms with E-state index in [2.05, 4.69) is 6.92 Å². The van der Waals surface area contributed by atoms with Gasteiger partial charge in [-0.3, -0.25) is 0 Å². The third-order valence-corrected chi connectivity index (χ3v) is 7.37. The number of carbonyl (C=O) groups excluding carboxylic acids is 1. The predicted octanol–water partition coefficient (Wildman–Crippen LogP) is 6.67. The summed E-state index contributed by atoms with van der Waals surface area (Å²) < 4.78 is 17.3. The number of hydrogen-bond acceptors (Lipinski definition) is 5. The van der Waals surface area contributed by atoms with Gasteiger partial charge in [-0.05, 0) is 6.42 Å². The highest BCUT2D eigenvalue weighted by Crippen LogP contribution is 2.15. The fraction of sp³-hybridized carbons (Fsp3) is 0.967. The molecule has 0 radical (unpaired) electrons. The fourth-order valence-electron chi connectivity index (χ4n) is 4.84. The van der Waals surface area contributed by atoms with Crippen LogP contribution in [0.5, 0.6) is 0 Å². The molecule has 36 heavy (non-hydrogen) atoms. The Morgan fingerprint density at radius 2 is 1.31 bits per heavy atom. The van der Waals surface area contributed by atoms with Crippen LogP contribution in [-0.4, -0.2) is 81.9 Å². The topological polar surface area (TPSA) is 65.0 Å². The molecular formula is C30H62NO5+. The van der Waals surface area contributed by atoms with Crippen LogP contribution in [-0.2, 0) is 19.0 Å². The minimum absolute atomic E-state index is 0.0602. The summed E-state index contributed by atoms with van der Waals surface area (Å²) in [5.74, 6) is -0.191. The molecule has 0 aromatic rings. The molecule has 0 aliphatic rings. The fourth-order valence-corrected chi connectivity index (χ4v) is 4.84. The third kappa shape index (κ3) is 19.4. The lowest BCUT2D eigenvalue weighted by molar-refractivity contribution is -0.907. The maximum Gasteiger partial charge on any atom is 0.364 e. The van der Waals surface area contributed by atoms with Crippen molar-refractivity contribution in [2.45, 2.75) is 135 Å². The molecule has 0 bridgehead atoms. The van der Waals surface area contributed by atoms with Crippen LogP contribution in [0.3, 0.4) is 0 Å². The second-order valence-electron chi connectivity index (χ2n) is 11.0. The van der Waals surface area contributed by atoms with E-state index in [0.29, 0.717) is 43.7 Å². The van der Waals surface area contributed by atoms with E-state index in [-0.39, 0.29) is 24.7 Å². The Balaban J connectivity index is 3.64. The number of carbonyl (C=O) groups is 1. The molecular weight excluding hydrogens is 454 g/mol. The van der Waals surface area contributed by atoms with Gasteiger partial charge in [-0.1, -0.05) is 104 Å². The van der Waals surface area contributed by atoms with Gasteiger partial charge in [0.15, 0.2) is 6.04 Å². The van der Waals surface area contributed by atoms with E-state index in [1.54, 1.807) is 7.11 Å². The first-order chi connectivity index (χ1) is 17.4. The molecule has 2 unspecified atom stereocenters. The number of esters is 1. The minimum Gasteiger partial charge on any atom is -0.461 e. The zero-order chi connectivity index (χ0) is 26.9. The van der Waals surface area contributed by atoms with Crippen molar-refractivity contribution in [1.29, 1.82) is 0 Å². The van der Waals surface area contributed by atoms with Crippen molar-refractivity contribution in [3.05, 3.63) is 0 Å². The van der Waals surface area contributed by atoms with Crippen molar-refractivity contribution in [1.82, 2.24) is 0 Å². The zero-order valence-electron chi connectivity index (χ0n) is 24.7. The Morgan fingerprint density at radius 3 is 1.78 bits per heavy atom. The molecule has 0 aromatic heterocycles. The van der Waals surface area contributed by atoms with Crippen LogP contribution in [0.4, 0.5) is 0 Å². The highest BCUT2D eigenvalue weighted by molar-refractivity contribution is 5.74. The highest BCUT2D eigenvalue weighted by Gasteiger charge is 2.34. The van der Waals surface area contributed by atoms with Crippen LogP contribution >= 0.6 is 0 Å². The summed E-state index contributed by atoms with van der Waals surface area (Å²) >= 11 is 0. The van der Waals surface area contributed by atoms with Gasteiger partial charge in [0.2, 0.25) is 0 Å². The number of hydrogen-bond donors (Lipinski definition) is 1. The van der Waals surface area contributed by atoms with Gasteiger partial charge in [0.25, 0.3) is 0 Å². The van der Waals surface area contributed by atoms with E-state index in [1.807, 2.05) is 21.0 Å². The number of methoxy groups -OCH3 is 1. The molecule has 0 rings (SSSR count). The first-order valence-corrected chi connectivity index (χ1v) is 15.1. The summed E-state index contributed by atoms with van der Waals surface area (Å²) in [6.07, 6.45) is 21.8. The monoisotopic (exact) mass is 516 g/mol. The van der Waals surface area contributed by atoms with Crippen LogP contribution in [0.25, 0.3) is 0 Å². The molecule has 6 heteroatoms. The van der Waals surface area contributed by atoms with E-state index in [9.17, 15) is 9.90 Å². The summed E-state index contributed by atoms with van der Waals surface area (Å²) in [5, 5.41) is 9.23. The molecule has 2 atom stereocenters. The van der Waals surface area contributed by atoms with Gasteiger partial charge >= 0.3 is 5.97 Å². The van der Waals surface area contributed by atoms with E-state index in [0.717, 1.165) is 6.42 Å². The Hall–Kier alpha value is -0.690. The highest BCUT2D eigenvalue weighted by atomic mass is 16.5. The Labute approximate surface area is 224 Å². The minimum atomic E-state index is -0.249. The molecule has 0 fully saturated rings. The lowest BCUT2D eigenvalue weighted by atomic mass is 10.0. The standard InChI is InChI=1S/C30H62NO5/c1-6-8-9-10-11-12-13-14-15-16-17-18-19-20-22-28(34-5)27-35-25-21-26-36-30(33)29(7-2)31(3,4)23-24-32/h28-29,32H,6-27H2,1-5H3/q+1. The van der Waals surface area contributed by atoms with Crippen molar-refractivity contribution in [3.63, 3.8) is 0 Å². The first-order valence-electron chi connectivity index (χ1n) is 15.1. The molecule has 0 aromatic carbocycles. The van der Waals surface area contributed by atoms with Crippen molar-refractivity contribution < 1.29 is 28.6 Å². The number of unbranched alkanes of at least 4 members (excludes halogenated alkanes) is 13. The molecule has 1 N–H and O–H groups in total. The molecule has 0 heterocycles. The number of rotatable bonds is 27. The van der Waals surface area contributed by atoms with Gasteiger partial charge in [-0.15, -0.1) is 0 Å². The lowest BCUT2D eigenvalue weighted by Crippen LogP contribution is -2.54. The number of aliphatic hydroxyl groups is 1. The van der Waals surface area contributed by atoms with Gasteiger partial charge in [0, 0.05) is 26.6 Å². The van der Waals surface area contributed by atoms with Gasteiger partial charge in [-0.2, -0.15) is 0 Å². The van der Waals surface area contributed by atoms with Gasteiger partial charge < -0.3 is 23.8 Å². The predicted molar refractivity (Wildman–Crippen MR) is 150 cm³/mol. The average molecular weight is 517 g/mol. The second-order valence-corrected chi connectivity index (χ2v) is 11.0. The van der Waals surface area contributed by atoms with Crippen LogP contribution in [0.2, 0.25) is 0 Å². The summed E-state index contributed by atoms with van der Waals surface area (Å²) in [5.41, 5.74) is 0. The number of nitrogens with zero attached hydrogens (tertiary/aromatic N) is 1. The summed E-state index contributed by atoms with van der Waals surface area (Å²) in [6.45, 7) is 6.39. The van der Waals surface area contributed by atoms with Crippen molar-refractivity contribution in [2.75, 3.05) is 54.2 Å². The SMILES string of the molecule is CCCCCCCCCCCCCCCCC(COCCCOC(=O)C(CC)[N+](C)(C)CCO)OC. The average Bonchev–Trinajstić information content (AvgIpc) is 2.85. The molecule has 0 aliphatic heterocycles. The number of ether oxygens (including phenoxy) is 3. The Kier molecular flexibility index (Phi) is 24.2. The van der Waals surface area contributed by atoms with E-state index in [4.69, 9.17) is 14.2 Å². The largest absolute Gasteiger partial charge is 0.461 e. The quantitative estimate of drug-likeness (QED) is 0.0750. The Morgan fingerprint density at radius 1 is 0.778 bits per heavy atom. The third-order valence-electron chi connectivity index (χ3n) is 7.37. The van der Waals surface area contributed by atoms with E-state index in [1.165, 1.54) is 89.9 Å². The first kappa shape index (κ1) is 35.3. The van der Waals surface area contributed by atoms with Gasteiger partial charge in [0.05, 0.1) is 40.0 Å². The van der Waals surface area contributed by atoms with Gasteiger partial charge in [0.1, 0.15) is 6.54 Å². The molecule has 0 spiro atoms. The van der Waals surface area contributed by atoms with Crippen molar-refractivity contribution in [3.8, 4) is 0 Å². The molecule has 0 saturated heterocycles. The molecule has 0 aliphatic carbocycles. The van der Waals surface area contributed by atoms with E-state index >= 15 is 0 Å². The molecule has 216 valence electrons. The number of quaternary nitrogens is 1. The zero-order valence-corrected chi connectivity index (χ0v) is 24.7. The van der Waals surface area contributed by atoms with Crippen LogP contribution < -0.4 is 0 Å². The van der Waals surface area contributed by atoms with Gasteiger partial charge in [-0.25, -0.2) is 4.79 Å². The van der Waals surface area contributed by atoms with E-state index < -0.39 is 0 Å². The summed E-state index contributed by atoms with van der Waals surface area (Å²) in [7, 11) is 5.67. The van der Waals surface area contributed by atoms with Crippen molar-refractivity contribution >= 4 is 5.97 Å². The summed E-state index contributed by atoms with van der Waals surface area (Å²) in [6, 6.07) is -0.249. The van der Waals surface area contributed by atoms with Crippen LogP contribution in [0.1, 0.15) is 123 Å². The number of likely N-dealkylation sites (N-methyl/N-ethyl adjacent to an activating group) is 1. The second kappa shape index (κ2) is 24.6. The maximum atomic E-state index is 12.4. The van der Waals surface area contributed by atoms with Crippen molar-refractivity contribution in [2.24, 2.45) is 0 Å².